The highest BCUT2D eigenvalue weighted by Crippen LogP contribution is 2.22. The number of methoxy groups -OCH3 is 1. The number of piperazine rings is 1. The summed E-state index contributed by atoms with van der Waals surface area (Å²) in [6.45, 7) is 5.48. The highest BCUT2D eigenvalue weighted by molar-refractivity contribution is 5.77. The first-order valence-electron chi connectivity index (χ1n) is 8.58. The van der Waals surface area contributed by atoms with Crippen LogP contribution in [0.15, 0.2) is 24.3 Å². The molecule has 6 heteroatoms. The summed E-state index contributed by atoms with van der Waals surface area (Å²) in [5, 5.41) is 0. The van der Waals surface area contributed by atoms with E-state index >= 15 is 0 Å². The normalized spacial score (nSPS) is 21.1. The van der Waals surface area contributed by atoms with Gasteiger partial charge in [-0.3, -0.25) is 4.79 Å². The van der Waals surface area contributed by atoms with E-state index in [1.54, 1.807) is 7.11 Å². The van der Waals surface area contributed by atoms with Crippen LogP contribution in [0.3, 0.4) is 0 Å². The molecule has 2 aliphatic rings. The maximum Gasteiger partial charge on any atom is 0.248 e. The Hall–Kier alpha value is -1.79. The molecule has 24 heavy (non-hydrogen) atoms. The molecule has 0 aromatic heterocycles. The van der Waals surface area contributed by atoms with Gasteiger partial charge in [-0.1, -0.05) is 6.07 Å². The van der Waals surface area contributed by atoms with Crippen LogP contribution in [0, 0.1) is 5.92 Å². The van der Waals surface area contributed by atoms with Gasteiger partial charge in [0, 0.05) is 50.5 Å². The number of hydrogen-bond acceptors (Lipinski definition) is 5. The predicted octanol–water partition coefficient (Wildman–Crippen LogP) is 1.40. The van der Waals surface area contributed by atoms with Gasteiger partial charge in [0.2, 0.25) is 5.91 Å². The average Bonchev–Trinajstić information content (AvgIpc) is 3.15. The van der Waals surface area contributed by atoms with Gasteiger partial charge in [0.25, 0.3) is 0 Å². The summed E-state index contributed by atoms with van der Waals surface area (Å²) in [7, 11) is 1.67. The van der Waals surface area contributed by atoms with E-state index in [1.165, 1.54) is 0 Å². The summed E-state index contributed by atoms with van der Waals surface area (Å²) in [5.74, 6) is 1.39. The summed E-state index contributed by atoms with van der Waals surface area (Å²) in [4.78, 5) is 16.4. The Balaban J connectivity index is 1.41. The van der Waals surface area contributed by atoms with Gasteiger partial charge in [0.05, 0.1) is 20.3 Å². The molecule has 1 aromatic rings. The molecule has 3 rings (SSSR count). The van der Waals surface area contributed by atoms with E-state index in [2.05, 4.69) is 11.0 Å². The second kappa shape index (κ2) is 8.35. The van der Waals surface area contributed by atoms with Gasteiger partial charge in [-0.15, -0.1) is 0 Å². The highest BCUT2D eigenvalue weighted by atomic mass is 16.5. The lowest BCUT2D eigenvalue weighted by molar-refractivity contribution is -0.136. The highest BCUT2D eigenvalue weighted by Gasteiger charge is 2.22. The summed E-state index contributed by atoms with van der Waals surface area (Å²) < 4.78 is 16.2. The van der Waals surface area contributed by atoms with Crippen molar-refractivity contribution >= 4 is 11.6 Å². The van der Waals surface area contributed by atoms with Gasteiger partial charge in [0.1, 0.15) is 12.4 Å². The van der Waals surface area contributed by atoms with Gasteiger partial charge in [-0.2, -0.15) is 0 Å². The SMILES string of the molecule is COc1cccc(N2CCN(C(=O)COCC3CCOC3)CC2)c1. The van der Waals surface area contributed by atoms with Crippen molar-refractivity contribution in [2.75, 3.05) is 64.6 Å². The fourth-order valence-corrected chi connectivity index (χ4v) is 3.14. The zero-order chi connectivity index (χ0) is 16.8. The number of hydrogen-bond donors (Lipinski definition) is 0. The number of anilines is 1. The van der Waals surface area contributed by atoms with Crippen molar-refractivity contribution in [3.63, 3.8) is 0 Å². The van der Waals surface area contributed by atoms with E-state index in [0.717, 1.165) is 57.3 Å². The Bertz CT molecular complexity index is 538. The summed E-state index contributed by atoms with van der Waals surface area (Å²) >= 11 is 0. The maximum absolute atomic E-state index is 12.2. The van der Waals surface area contributed by atoms with Crippen molar-refractivity contribution in [2.45, 2.75) is 6.42 Å². The van der Waals surface area contributed by atoms with Crippen molar-refractivity contribution < 1.29 is 19.0 Å². The smallest absolute Gasteiger partial charge is 0.248 e. The zero-order valence-electron chi connectivity index (χ0n) is 14.3. The van der Waals surface area contributed by atoms with Crippen LogP contribution in [0.25, 0.3) is 0 Å². The van der Waals surface area contributed by atoms with E-state index in [-0.39, 0.29) is 12.5 Å². The molecule has 2 aliphatic heterocycles. The molecule has 2 fully saturated rings. The standard InChI is InChI=1S/C18H26N2O4/c1-22-17-4-2-3-16(11-17)19-6-8-20(9-7-19)18(21)14-24-13-15-5-10-23-12-15/h2-4,11,15H,5-10,12-14H2,1H3. The van der Waals surface area contributed by atoms with Gasteiger partial charge in [-0.05, 0) is 18.6 Å². The fourth-order valence-electron chi connectivity index (χ4n) is 3.14. The Morgan fingerprint density at radius 2 is 2.12 bits per heavy atom. The number of nitrogens with zero attached hydrogens (tertiary/aromatic N) is 2. The molecule has 0 aliphatic carbocycles. The van der Waals surface area contributed by atoms with Crippen molar-refractivity contribution in [2.24, 2.45) is 5.92 Å². The van der Waals surface area contributed by atoms with E-state index in [4.69, 9.17) is 14.2 Å². The minimum Gasteiger partial charge on any atom is -0.497 e. The molecular weight excluding hydrogens is 308 g/mol. The minimum atomic E-state index is 0.0826. The van der Waals surface area contributed by atoms with Gasteiger partial charge in [-0.25, -0.2) is 0 Å². The fraction of sp³-hybridized carbons (Fsp3) is 0.611. The first-order valence-corrected chi connectivity index (χ1v) is 8.58. The van der Waals surface area contributed by atoms with Crippen molar-refractivity contribution in [3.8, 4) is 5.75 Å². The van der Waals surface area contributed by atoms with Crippen LogP contribution < -0.4 is 9.64 Å². The van der Waals surface area contributed by atoms with E-state index < -0.39 is 0 Å². The lowest BCUT2D eigenvalue weighted by atomic mass is 10.1. The number of ether oxygens (including phenoxy) is 3. The van der Waals surface area contributed by atoms with Crippen LogP contribution in [0.5, 0.6) is 5.75 Å². The van der Waals surface area contributed by atoms with Crippen molar-refractivity contribution in [1.29, 1.82) is 0 Å². The molecule has 6 nitrogen and oxygen atoms in total. The van der Waals surface area contributed by atoms with Crippen molar-refractivity contribution in [1.82, 2.24) is 4.90 Å². The van der Waals surface area contributed by atoms with Gasteiger partial charge in [0.15, 0.2) is 0 Å². The lowest BCUT2D eigenvalue weighted by Gasteiger charge is -2.36. The molecular formula is C18H26N2O4. The molecule has 0 spiro atoms. The van der Waals surface area contributed by atoms with E-state index in [9.17, 15) is 4.79 Å². The van der Waals surface area contributed by atoms with E-state index in [1.807, 2.05) is 23.1 Å². The monoisotopic (exact) mass is 334 g/mol. The van der Waals surface area contributed by atoms with Crippen LogP contribution in [-0.4, -0.2) is 70.5 Å². The molecule has 132 valence electrons. The third-order valence-corrected chi connectivity index (χ3v) is 4.65. The molecule has 2 saturated heterocycles. The topological polar surface area (TPSA) is 51.2 Å². The summed E-state index contributed by atoms with van der Waals surface area (Å²) in [5.41, 5.74) is 1.14. The third-order valence-electron chi connectivity index (χ3n) is 4.65. The number of amides is 1. The third kappa shape index (κ3) is 4.39. The van der Waals surface area contributed by atoms with Crippen LogP contribution in [0.1, 0.15) is 6.42 Å². The van der Waals surface area contributed by atoms with Crippen LogP contribution in [0.2, 0.25) is 0 Å². The molecule has 1 unspecified atom stereocenters. The Kier molecular flexibility index (Phi) is 5.93. The van der Waals surface area contributed by atoms with Gasteiger partial charge < -0.3 is 24.0 Å². The Morgan fingerprint density at radius 3 is 2.83 bits per heavy atom. The summed E-state index contributed by atoms with van der Waals surface area (Å²) in [6, 6.07) is 8.04. The average molecular weight is 334 g/mol. The molecule has 0 N–H and O–H groups in total. The molecule has 1 atom stereocenters. The number of carbonyl (C=O) groups excluding carboxylic acids is 1. The van der Waals surface area contributed by atoms with Crippen molar-refractivity contribution in [3.05, 3.63) is 24.3 Å². The molecule has 0 saturated carbocycles. The number of carbonyl (C=O) groups is 1. The molecule has 0 bridgehead atoms. The largest absolute Gasteiger partial charge is 0.497 e. The maximum atomic E-state index is 12.2. The predicted molar refractivity (Wildman–Crippen MR) is 91.5 cm³/mol. The first kappa shape index (κ1) is 17.0. The molecule has 1 aromatic carbocycles. The number of benzene rings is 1. The minimum absolute atomic E-state index is 0.0826. The molecule has 0 radical (unpaired) electrons. The van der Waals surface area contributed by atoms with E-state index in [0.29, 0.717) is 12.5 Å². The van der Waals surface area contributed by atoms with Crippen LogP contribution in [0.4, 0.5) is 5.69 Å². The first-order chi connectivity index (χ1) is 11.8. The quantitative estimate of drug-likeness (QED) is 0.787. The zero-order valence-corrected chi connectivity index (χ0v) is 14.3. The van der Waals surface area contributed by atoms with Gasteiger partial charge >= 0.3 is 0 Å². The number of rotatable bonds is 6. The second-order valence-electron chi connectivity index (χ2n) is 6.31. The second-order valence-corrected chi connectivity index (χ2v) is 6.31. The van der Waals surface area contributed by atoms with Crippen LogP contribution in [-0.2, 0) is 14.3 Å². The molecule has 1 amide bonds. The Morgan fingerprint density at radius 1 is 1.29 bits per heavy atom. The van der Waals surface area contributed by atoms with Crippen LogP contribution >= 0.6 is 0 Å². The lowest BCUT2D eigenvalue weighted by Crippen LogP contribution is -2.49. The Labute approximate surface area is 143 Å². The summed E-state index contributed by atoms with van der Waals surface area (Å²) in [6.07, 6.45) is 1.04. The molecule has 2 heterocycles.